The maximum atomic E-state index is 11.8. The summed E-state index contributed by atoms with van der Waals surface area (Å²) in [6, 6.07) is 8.55. The zero-order valence-electron chi connectivity index (χ0n) is 13.6. The second-order valence-electron chi connectivity index (χ2n) is 6.38. The van der Waals surface area contributed by atoms with Gasteiger partial charge in [-0.3, -0.25) is 9.48 Å². The normalized spacial score (nSPS) is 21.1. The monoisotopic (exact) mass is 323 g/mol. The van der Waals surface area contributed by atoms with E-state index in [0.717, 1.165) is 18.5 Å². The number of amides is 1. The zero-order valence-corrected chi connectivity index (χ0v) is 13.6. The molecule has 6 heteroatoms. The molecule has 124 valence electrons. The number of hydrogen-bond acceptors (Lipinski definition) is 3. The number of carbonyl (C=O) groups excluding carboxylic acids is 1. The Morgan fingerprint density at radius 3 is 3.12 bits per heavy atom. The Morgan fingerprint density at radius 2 is 2.29 bits per heavy atom. The third-order valence-corrected chi connectivity index (χ3v) is 4.71. The molecule has 0 spiro atoms. The van der Waals surface area contributed by atoms with E-state index in [1.165, 1.54) is 16.5 Å². The Balaban J connectivity index is 1.53. The fraction of sp³-hybridized carbons (Fsp3) is 0.333. The quantitative estimate of drug-likeness (QED) is 0.687. The Morgan fingerprint density at radius 1 is 1.38 bits per heavy atom. The van der Waals surface area contributed by atoms with Crippen molar-refractivity contribution in [3.63, 3.8) is 0 Å². The SMILES string of the molecule is Cn1cc([C@@H]2NC(=O)CC[C@H]2NCc2cccc3cc[nH]c23)cn1. The number of para-hydroxylation sites is 1. The second-order valence-corrected chi connectivity index (χ2v) is 6.38. The number of nitrogens with one attached hydrogen (secondary N) is 3. The first kappa shape index (κ1) is 15.0. The van der Waals surface area contributed by atoms with E-state index in [-0.39, 0.29) is 18.0 Å². The lowest BCUT2D eigenvalue weighted by Crippen LogP contribution is -2.48. The van der Waals surface area contributed by atoms with Gasteiger partial charge in [-0.05, 0) is 23.4 Å². The van der Waals surface area contributed by atoms with Gasteiger partial charge in [0.2, 0.25) is 5.91 Å². The van der Waals surface area contributed by atoms with E-state index >= 15 is 0 Å². The van der Waals surface area contributed by atoms with Crippen molar-refractivity contribution in [2.24, 2.45) is 7.05 Å². The van der Waals surface area contributed by atoms with Crippen molar-refractivity contribution < 1.29 is 4.79 Å². The number of rotatable bonds is 4. The van der Waals surface area contributed by atoms with E-state index in [1.54, 1.807) is 4.68 Å². The van der Waals surface area contributed by atoms with Crippen LogP contribution in [0.1, 0.15) is 30.0 Å². The van der Waals surface area contributed by atoms with Crippen molar-refractivity contribution in [3.05, 3.63) is 54.0 Å². The van der Waals surface area contributed by atoms with Crippen molar-refractivity contribution in [1.29, 1.82) is 0 Å². The highest BCUT2D eigenvalue weighted by Gasteiger charge is 2.30. The van der Waals surface area contributed by atoms with Crippen LogP contribution < -0.4 is 10.6 Å². The van der Waals surface area contributed by atoms with Crippen LogP contribution in [0.5, 0.6) is 0 Å². The molecule has 0 bridgehead atoms. The summed E-state index contributed by atoms with van der Waals surface area (Å²) in [5, 5.41) is 12.2. The Hall–Kier alpha value is -2.60. The molecule has 1 aromatic carbocycles. The van der Waals surface area contributed by atoms with E-state index in [9.17, 15) is 4.79 Å². The summed E-state index contributed by atoms with van der Waals surface area (Å²) in [5.41, 5.74) is 3.45. The second kappa shape index (κ2) is 6.13. The fourth-order valence-electron chi connectivity index (χ4n) is 3.47. The number of H-pyrrole nitrogens is 1. The van der Waals surface area contributed by atoms with E-state index in [2.05, 4.69) is 45.0 Å². The number of fused-ring (bicyclic) bond motifs is 1. The number of hydrogen-bond donors (Lipinski definition) is 3. The van der Waals surface area contributed by atoms with Gasteiger partial charge in [0.1, 0.15) is 0 Å². The molecule has 2 atom stereocenters. The van der Waals surface area contributed by atoms with Crippen molar-refractivity contribution in [2.45, 2.75) is 31.5 Å². The van der Waals surface area contributed by atoms with Gasteiger partial charge in [0.05, 0.1) is 12.2 Å². The van der Waals surface area contributed by atoms with E-state index < -0.39 is 0 Å². The summed E-state index contributed by atoms with van der Waals surface area (Å²) in [4.78, 5) is 15.1. The molecule has 0 radical (unpaired) electrons. The van der Waals surface area contributed by atoms with Crippen LogP contribution in [-0.4, -0.2) is 26.7 Å². The van der Waals surface area contributed by atoms with Gasteiger partial charge in [-0.1, -0.05) is 18.2 Å². The van der Waals surface area contributed by atoms with E-state index in [1.807, 2.05) is 25.6 Å². The van der Waals surface area contributed by atoms with E-state index in [4.69, 9.17) is 0 Å². The van der Waals surface area contributed by atoms with Crippen LogP contribution in [0, 0.1) is 0 Å². The lowest BCUT2D eigenvalue weighted by Gasteiger charge is -2.32. The molecule has 4 rings (SSSR count). The molecule has 3 N–H and O–H groups in total. The summed E-state index contributed by atoms with van der Waals surface area (Å²) < 4.78 is 1.77. The molecule has 1 amide bonds. The Labute approximate surface area is 140 Å². The molecule has 24 heavy (non-hydrogen) atoms. The van der Waals surface area contributed by atoms with Crippen molar-refractivity contribution in [2.75, 3.05) is 0 Å². The van der Waals surface area contributed by atoms with Gasteiger partial charge in [0.15, 0.2) is 0 Å². The topological polar surface area (TPSA) is 74.7 Å². The number of aromatic amines is 1. The van der Waals surface area contributed by atoms with Crippen LogP contribution >= 0.6 is 0 Å². The third kappa shape index (κ3) is 2.80. The van der Waals surface area contributed by atoms with Gasteiger partial charge >= 0.3 is 0 Å². The van der Waals surface area contributed by atoms with Gasteiger partial charge in [-0.2, -0.15) is 5.10 Å². The van der Waals surface area contributed by atoms with Gasteiger partial charge < -0.3 is 15.6 Å². The molecule has 0 unspecified atom stereocenters. The maximum Gasteiger partial charge on any atom is 0.220 e. The summed E-state index contributed by atoms with van der Waals surface area (Å²) in [5.74, 6) is 0.105. The summed E-state index contributed by atoms with van der Waals surface area (Å²) in [6.07, 6.45) is 7.15. The van der Waals surface area contributed by atoms with Gasteiger partial charge in [0, 0.05) is 49.5 Å². The van der Waals surface area contributed by atoms with Crippen LogP contribution in [0.25, 0.3) is 10.9 Å². The molecule has 1 aliphatic heterocycles. The average molecular weight is 323 g/mol. The molecule has 0 saturated carbocycles. The summed E-state index contributed by atoms with van der Waals surface area (Å²) >= 11 is 0. The highest BCUT2D eigenvalue weighted by molar-refractivity contribution is 5.82. The summed E-state index contributed by atoms with van der Waals surface area (Å²) in [7, 11) is 1.89. The number of aryl methyl sites for hydroxylation is 1. The van der Waals surface area contributed by atoms with Crippen molar-refractivity contribution in [3.8, 4) is 0 Å². The number of carbonyl (C=O) groups is 1. The smallest absolute Gasteiger partial charge is 0.220 e. The van der Waals surface area contributed by atoms with Crippen LogP contribution in [0.2, 0.25) is 0 Å². The molecule has 3 heterocycles. The molecule has 6 nitrogen and oxygen atoms in total. The molecule has 1 aliphatic rings. The number of aromatic nitrogens is 3. The first-order valence-corrected chi connectivity index (χ1v) is 8.27. The van der Waals surface area contributed by atoms with Crippen LogP contribution in [-0.2, 0) is 18.4 Å². The number of piperidine rings is 1. The minimum absolute atomic E-state index is 0.0391. The Bertz CT molecular complexity index is 865. The van der Waals surface area contributed by atoms with E-state index in [0.29, 0.717) is 6.42 Å². The number of nitrogens with zero attached hydrogens (tertiary/aromatic N) is 2. The molecule has 3 aromatic rings. The zero-order chi connectivity index (χ0) is 16.5. The highest BCUT2D eigenvalue weighted by Crippen LogP contribution is 2.25. The predicted molar refractivity (Wildman–Crippen MR) is 92.3 cm³/mol. The predicted octanol–water partition coefficient (Wildman–Crippen LogP) is 2.01. The van der Waals surface area contributed by atoms with Crippen molar-refractivity contribution in [1.82, 2.24) is 25.4 Å². The largest absolute Gasteiger partial charge is 0.361 e. The van der Waals surface area contributed by atoms with Gasteiger partial charge in [-0.15, -0.1) is 0 Å². The fourth-order valence-corrected chi connectivity index (χ4v) is 3.47. The molecular weight excluding hydrogens is 302 g/mol. The third-order valence-electron chi connectivity index (χ3n) is 4.71. The van der Waals surface area contributed by atoms with Gasteiger partial charge in [-0.25, -0.2) is 0 Å². The Kier molecular flexibility index (Phi) is 3.82. The minimum Gasteiger partial charge on any atom is -0.361 e. The van der Waals surface area contributed by atoms with Crippen LogP contribution in [0.15, 0.2) is 42.9 Å². The lowest BCUT2D eigenvalue weighted by molar-refractivity contribution is -0.123. The molecule has 2 aromatic heterocycles. The average Bonchev–Trinajstić information content (AvgIpc) is 3.22. The van der Waals surface area contributed by atoms with Crippen LogP contribution in [0.4, 0.5) is 0 Å². The molecule has 1 fully saturated rings. The maximum absolute atomic E-state index is 11.8. The summed E-state index contributed by atoms with van der Waals surface area (Å²) in [6.45, 7) is 0.759. The van der Waals surface area contributed by atoms with Gasteiger partial charge in [0.25, 0.3) is 0 Å². The first-order chi connectivity index (χ1) is 11.7. The molecule has 1 saturated heterocycles. The van der Waals surface area contributed by atoms with Crippen LogP contribution in [0.3, 0.4) is 0 Å². The van der Waals surface area contributed by atoms with Crippen molar-refractivity contribution >= 4 is 16.8 Å². The highest BCUT2D eigenvalue weighted by atomic mass is 16.1. The molecule has 0 aliphatic carbocycles. The standard InChI is InChI=1S/C18H21N5O/c1-23-11-14(10-21-23)18-15(5-6-16(24)22-18)20-9-13-4-2-3-12-7-8-19-17(12)13/h2-4,7-8,10-11,15,18-20H,5-6,9H2,1H3,(H,22,24)/t15-,18+/m1/s1. The number of benzene rings is 1. The lowest BCUT2D eigenvalue weighted by atomic mass is 9.93. The first-order valence-electron chi connectivity index (χ1n) is 8.27. The molecular formula is C18H21N5O. The minimum atomic E-state index is -0.0391.